The van der Waals surface area contributed by atoms with Crippen molar-refractivity contribution >= 4 is 10.9 Å². The summed E-state index contributed by atoms with van der Waals surface area (Å²) in [4.78, 5) is 7.29. The van der Waals surface area contributed by atoms with Gasteiger partial charge in [-0.15, -0.1) is 12.3 Å². The normalized spacial score (nSPS) is 16.3. The quantitative estimate of drug-likeness (QED) is 0.105. The number of terminal acetylenes is 1. The zero-order valence-corrected chi connectivity index (χ0v) is 36.5. The van der Waals surface area contributed by atoms with Crippen LogP contribution in [-0.4, -0.2) is 58.7 Å². The van der Waals surface area contributed by atoms with Gasteiger partial charge in [0.25, 0.3) is 0 Å². The molecule has 1 aliphatic heterocycles. The second-order valence-electron chi connectivity index (χ2n) is 18.3. The van der Waals surface area contributed by atoms with Crippen molar-refractivity contribution in [1.29, 1.82) is 0 Å². The number of rotatable bonds is 17. The van der Waals surface area contributed by atoms with Gasteiger partial charge in [0.05, 0.1) is 23.5 Å². The van der Waals surface area contributed by atoms with E-state index in [0.717, 1.165) is 62.4 Å². The zero-order chi connectivity index (χ0) is 40.9. The summed E-state index contributed by atoms with van der Waals surface area (Å²) in [5, 5.41) is 7.58. The van der Waals surface area contributed by atoms with Gasteiger partial charge in [0.1, 0.15) is 0 Å². The summed E-state index contributed by atoms with van der Waals surface area (Å²) in [6.07, 6.45) is 18.8. The lowest BCUT2D eigenvalue weighted by atomic mass is 9.80. The standard InChI is InChI=1S/C51H70N6/c1-12-14-25-51(8,9)34-45-44-33-41(23-24-47(44)56(13-2)50(45)43-22-19-26-52-48(43)35(3)4)42-30-36(5)29-39(31-42)32-46(38(7)57-28-18-17-27-53-57)54-37(6)49(55(10)11)40-20-15-16-21-40/h1,19,22-24,26,29-31,33,35,40,46,49,53-54H,6-7,13-18,20-21,25,27-28,32,34H2,2-5,8-11H3. The maximum Gasteiger partial charge on any atom is 0.0707 e. The molecule has 2 fully saturated rings. The molecule has 2 unspecified atom stereocenters. The Hall–Kier alpha value is -4.31. The van der Waals surface area contributed by atoms with Crippen LogP contribution in [0.1, 0.15) is 114 Å². The van der Waals surface area contributed by atoms with E-state index in [9.17, 15) is 0 Å². The number of fused-ring (bicyclic) bond motifs is 1. The number of likely N-dealkylation sites (N-methyl/N-ethyl adjacent to an activating group) is 1. The van der Waals surface area contributed by atoms with Crippen molar-refractivity contribution in [3.05, 3.63) is 102 Å². The molecule has 4 aromatic rings. The van der Waals surface area contributed by atoms with Gasteiger partial charge in [0.2, 0.25) is 0 Å². The first kappa shape index (κ1) is 42.3. The van der Waals surface area contributed by atoms with Crippen LogP contribution in [-0.2, 0) is 19.4 Å². The number of hydrogen-bond acceptors (Lipinski definition) is 5. The van der Waals surface area contributed by atoms with Crippen LogP contribution in [0.25, 0.3) is 33.3 Å². The minimum Gasteiger partial charge on any atom is -0.379 e. The molecule has 0 spiro atoms. The summed E-state index contributed by atoms with van der Waals surface area (Å²) in [6.45, 7) is 26.0. The van der Waals surface area contributed by atoms with Crippen LogP contribution in [0.3, 0.4) is 0 Å². The summed E-state index contributed by atoms with van der Waals surface area (Å²) < 4.78 is 2.52. The van der Waals surface area contributed by atoms with Crippen molar-refractivity contribution in [2.24, 2.45) is 11.3 Å². The van der Waals surface area contributed by atoms with Gasteiger partial charge in [-0.2, -0.15) is 0 Å². The van der Waals surface area contributed by atoms with Gasteiger partial charge in [-0.1, -0.05) is 83.5 Å². The van der Waals surface area contributed by atoms with Crippen LogP contribution in [0.5, 0.6) is 0 Å². The van der Waals surface area contributed by atoms with E-state index in [1.807, 2.05) is 6.20 Å². The maximum atomic E-state index is 5.80. The largest absolute Gasteiger partial charge is 0.379 e. The first-order chi connectivity index (χ1) is 27.3. The second kappa shape index (κ2) is 18.5. The minimum absolute atomic E-state index is 0.0108. The molecule has 2 N–H and O–H groups in total. The third-order valence-electron chi connectivity index (χ3n) is 12.6. The van der Waals surface area contributed by atoms with Gasteiger partial charge in [0, 0.05) is 60.1 Å². The number of nitrogens with zero attached hydrogens (tertiary/aromatic N) is 4. The molecule has 1 saturated carbocycles. The van der Waals surface area contributed by atoms with Gasteiger partial charge in [-0.25, -0.2) is 5.43 Å². The number of hydrogen-bond donors (Lipinski definition) is 2. The lowest BCUT2D eigenvalue weighted by molar-refractivity contribution is 0.184. The highest BCUT2D eigenvalue weighted by Gasteiger charge is 2.32. The highest BCUT2D eigenvalue weighted by atomic mass is 15.5. The van der Waals surface area contributed by atoms with Crippen molar-refractivity contribution in [1.82, 2.24) is 30.2 Å². The highest BCUT2D eigenvalue weighted by molar-refractivity contribution is 5.95. The van der Waals surface area contributed by atoms with Crippen LogP contribution < -0.4 is 10.7 Å². The molecule has 6 heteroatoms. The Morgan fingerprint density at radius 1 is 1.05 bits per heavy atom. The number of aryl methyl sites for hydroxylation is 2. The number of aromatic nitrogens is 2. The van der Waals surface area contributed by atoms with E-state index in [4.69, 9.17) is 24.6 Å². The lowest BCUT2D eigenvalue weighted by Gasteiger charge is -2.38. The molecule has 0 radical (unpaired) electrons. The predicted molar refractivity (Wildman–Crippen MR) is 243 cm³/mol. The molecule has 304 valence electrons. The number of nitrogens with one attached hydrogen (secondary N) is 2. The Balaban J connectivity index is 1.42. The summed E-state index contributed by atoms with van der Waals surface area (Å²) in [7, 11) is 4.41. The SMILES string of the molecule is C#CCCC(C)(C)Cc1c(-c2cccnc2C(C)C)n(CC)c2ccc(-c3cc(C)cc(CC(NC(=C)C(C4CCCC4)N(C)C)C(=C)N4CCCCN4)c3)cc12. The molecule has 0 bridgehead atoms. The smallest absolute Gasteiger partial charge is 0.0707 e. The van der Waals surface area contributed by atoms with Gasteiger partial charge < -0.3 is 19.8 Å². The monoisotopic (exact) mass is 767 g/mol. The summed E-state index contributed by atoms with van der Waals surface area (Å²) >= 11 is 0. The Morgan fingerprint density at radius 2 is 1.82 bits per heavy atom. The molecular formula is C51H70N6. The van der Waals surface area contributed by atoms with E-state index in [-0.39, 0.29) is 11.5 Å². The van der Waals surface area contributed by atoms with Gasteiger partial charge >= 0.3 is 0 Å². The van der Waals surface area contributed by atoms with E-state index in [1.165, 1.54) is 88.5 Å². The number of benzene rings is 2. The summed E-state index contributed by atoms with van der Waals surface area (Å²) in [6, 6.07) is 18.9. The molecule has 3 heterocycles. The highest BCUT2D eigenvalue weighted by Crippen LogP contribution is 2.42. The third-order valence-corrected chi connectivity index (χ3v) is 12.6. The first-order valence-electron chi connectivity index (χ1n) is 21.8. The molecule has 2 aliphatic rings. The van der Waals surface area contributed by atoms with Crippen molar-refractivity contribution < 1.29 is 0 Å². The molecule has 2 aromatic carbocycles. The summed E-state index contributed by atoms with van der Waals surface area (Å²) in [5.41, 5.74) is 17.3. The average molecular weight is 767 g/mol. The van der Waals surface area contributed by atoms with E-state index >= 15 is 0 Å². The Kier molecular flexibility index (Phi) is 13.7. The fourth-order valence-electron chi connectivity index (χ4n) is 9.83. The van der Waals surface area contributed by atoms with E-state index < -0.39 is 0 Å². The molecular weight excluding hydrogens is 697 g/mol. The topological polar surface area (TPSA) is 48.4 Å². The van der Waals surface area contributed by atoms with Crippen LogP contribution in [0, 0.1) is 30.6 Å². The fraction of sp³-hybridized carbons (Fsp3) is 0.510. The molecule has 6 rings (SSSR count). The molecule has 2 aromatic heterocycles. The van der Waals surface area contributed by atoms with Crippen LogP contribution in [0.15, 0.2) is 79.3 Å². The Labute approximate surface area is 345 Å². The van der Waals surface area contributed by atoms with Crippen LogP contribution >= 0.6 is 0 Å². The third kappa shape index (κ3) is 9.70. The van der Waals surface area contributed by atoms with Gasteiger partial charge in [-0.05, 0) is 137 Å². The first-order valence-corrected chi connectivity index (χ1v) is 21.8. The molecule has 6 nitrogen and oxygen atoms in total. The molecule has 0 amide bonds. The zero-order valence-electron chi connectivity index (χ0n) is 36.5. The maximum absolute atomic E-state index is 5.80. The molecule has 57 heavy (non-hydrogen) atoms. The Morgan fingerprint density at radius 3 is 2.49 bits per heavy atom. The number of pyridine rings is 1. The Bertz CT molecular complexity index is 2060. The lowest BCUT2D eigenvalue weighted by Crippen LogP contribution is -2.50. The molecule has 2 atom stereocenters. The van der Waals surface area contributed by atoms with Crippen molar-refractivity contribution in [3.63, 3.8) is 0 Å². The van der Waals surface area contributed by atoms with E-state index in [0.29, 0.717) is 17.9 Å². The predicted octanol–water partition coefficient (Wildman–Crippen LogP) is 11.1. The van der Waals surface area contributed by atoms with Crippen LogP contribution in [0.2, 0.25) is 0 Å². The molecule has 1 saturated heterocycles. The van der Waals surface area contributed by atoms with Crippen LogP contribution in [0.4, 0.5) is 0 Å². The van der Waals surface area contributed by atoms with E-state index in [2.05, 4.69) is 135 Å². The second-order valence-corrected chi connectivity index (χ2v) is 18.3. The van der Waals surface area contributed by atoms with Gasteiger partial charge in [0.15, 0.2) is 0 Å². The van der Waals surface area contributed by atoms with Crippen molar-refractivity contribution in [2.45, 2.75) is 130 Å². The fourth-order valence-corrected chi connectivity index (χ4v) is 9.83. The van der Waals surface area contributed by atoms with Crippen molar-refractivity contribution in [2.75, 3.05) is 27.2 Å². The minimum atomic E-state index is 0.0108. The van der Waals surface area contributed by atoms with Crippen molar-refractivity contribution in [3.8, 4) is 34.7 Å². The van der Waals surface area contributed by atoms with E-state index in [1.54, 1.807) is 0 Å². The average Bonchev–Trinajstić information content (AvgIpc) is 3.82. The summed E-state index contributed by atoms with van der Waals surface area (Å²) in [5.74, 6) is 3.85. The molecule has 1 aliphatic carbocycles. The number of hydrazine groups is 1. The van der Waals surface area contributed by atoms with Gasteiger partial charge in [-0.3, -0.25) is 4.98 Å².